The number of ether oxygens (including phenoxy) is 1. The first-order valence-electron chi connectivity index (χ1n) is 6.39. The van der Waals surface area contributed by atoms with Crippen LogP contribution < -0.4 is 4.72 Å². The molecule has 0 aliphatic heterocycles. The third kappa shape index (κ3) is 3.90. The summed E-state index contributed by atoms with van der Waals surface area (Å²) in [5.41, 5.74) is 0. The minimum atomic E-state index is -3.76. The van der Waals surface area contributed by atoms with Gasteiger partial charge in [0.2, 0.25) is 10.0 Å². The summed E-state index contributed by atoms with van der Waals surface area (Å²) >= 11 is 12.2. The first-order chi connectivity index (χ1) is 10.3. The van der Waals surface area contributed by atoms with Crippen molar-refractivity contribution in [3.8, 4) is 0 Å². The second-order valence-electron chi connectivity index (χ2n) is 4.70. The normalized spacial score (nSPS) is 13.5. The molecule has 1 atom stereocenters. The van der Waals surface area contributed by atoms with Crippen LogP contribution >= 0.6 is 23.2 Å². The quantitative estimate of drug-likeness (QED) is 0.826. The maximum atomic E-state index is 12.2. The van der Waals surface area contributed by atoms with E-state index >= 15 is 0 Å². The van der Waals surface area contributed by atoms with E-state index in [0.717, 1.165) is 0 Å². The Morgan fingerprint density at radius 1 is 1.18 bits per heavy atom. The Balaban J connectivity index is 2.32. The van der Waals surface area contributed by atoms with Crippen LogP contribution in [0.2, 0.25) is 10.0 Å². The molecule has 120 valence electrons. The first kappa shape index (κ1) is 17.5. The van der Waals surface area contributed by atoms with Crippen LogP contribution in [0, 0.1) is 0 Å². The molecule has 8 heteroatoms. The van der Waals surface area contributed by atoms with Crippen molar-refractivity contribution >= 4 is 44.0 Å². The fourth-order valence-electron chi connectivity index (χ4n) is 1.96. The van der Waals surface area contributed by atoms with Crippen LogP contribution in [0.3, 0.4) is 0 Å². The third-order valence-electron chi connectivity index (χ3n) is 3.06. The summed E-state index contributed by atoms with van der Waals surface area (Å²) in [6.07, 6.45) is -0.918. The predicted octanol–water partition coefficient (Wildman–Crippen LogP) is 2.43. The van der Waals surface area contributed by atoms with Gasteiger partial charge in [0.1, 0.15) is 0 Å². The molecule has 0 saturated heterocycles. The van der Waals surface area contributed by atoms with E-state index in [1.54, 1.807) is 18.2 Å². The zero-order valence-corrected chi connectivity index (χ0v) is 14.0. The van der Waals surface area contributed by atoms with Gasteiger partial charge in [0.15, 0.2) is 0 Å². The highest BCUT2D eigenvalue weighted by Gasteiger charge is 2.17. The highest BCUT2D eigenvalue weighted by molar-refractivity contribution is 7.89. The number of halogens is 2. The lowest BCUT2D eigenvalue weighted by Crippen LogP contribution is -2.34. The van der Waals surface area contributed by atoms with Crippen LogP contribution in [0.5, 0.6) is 0 Å². The number of methoxy groups -OCH3 is 1. The van der Waals surface area contributed by atoms with Crippen LogP contribution in [-0.4, -0.2) is 39.9 Å². The van der Waals surface area contributed by atoms with Crippen molar-refractivity contribution in [1.29, 1.82) is 0 Å². The minimum Gasteiger partial charge on any atom is -0.389 e. The molecule has 0 aromatic heterocycles. The maximum absolute atomic E-state index is 12.2. The van der Waals surface area contributed by atoms with Crippen LogP contribution in [0.4, 0.5) is 0 Å². The Morgan fingerprint density at radius 3 is 2.45 bits per heavy atom. The van der Waals surface area contributed by atoms with E-state index in [9.17, 15) is 13.5 Å². The molecule has 2 rings (SSSR count). The van der Waals surface area contributed by atoms with Gasteiger partial charge in [-0.3, -0.25) is 0 Å². The van der Waals surface area contributed by atoms with E-state index in [2.05, 4.69) is 4.72 Å². The number of sulfonamides is 1. The van der Waals surface area contributed by atoms with Gasteiger partial charge in [-0.25, -0.2) is 13.1 Å². The van der Waals surface area contributed by atoms with Gasteiger partial charge in [-0.2, -0.15) is 0 Å². The van der Waals surface area contributed by atoms with Crippen molar-refractivity contribution in [2.45, 2.75) is 11.0 Å². The Hall–Kier alpha value is -0.890. The molecule has 0 aliphatic carbocycles. The highest BCUT2D eigenvalue weighted by Crippen LogP contribution is 2.31. The lowest BCUT2D eigenvalue weighted by molar-refractivity contribution is 0.0679. The molecule has 2 aromatic carbocycles. The molecule has 0 aliphatic rings. The second kappa shape index (κ2) is 7.12. The number of benzene rings is 2. The Morgan fingerprint density at radius 2 is 1.82 bits per heavy atom. The minimum absolute atomic E-state index is 0.0433. The van der Waals surface area contributed by atoms with E-state index in [1.165, 1.54) is 19.2 Å². The van der Waals surface area contributed by atoms with Crippen LogP contribution in [0.25, 0.3) is 10.8 Å². The number of aliphatic hydroxyl groups excluding tert-OH is 1. The summed E-state index contributed by atoms with van der Waals surface area (Å²) in [6, 6.07) is 7.76. The van der Waals surface area contributed by atoms with Gasteiger partial charge in [0.25, 0.3) is 0 Å². The van der Waals surface area contributed by atoms with Crippen molar-refractivity contribution in [3.05, 3.63) is 40.4 Å². The van der Waals surface area contributed by atoms with Gasteiger partial charge in [0.05, 0.1) is 17.6 Å². The third-order valence-corrected chi connectivity index (χ3v) is 5.14. The fraction of sp³-hybridized carbons (Fsp3) is 0.286. The number of hydrogen-bond donors (Lipinski definition) is 2. The second-order valence-corrected chi connectivity index (χ2v) is 7.28. The van der Waals surface area contributed by atoms with Crippen molar-refractivity contribution in [2.24, 2.45) is 0 Å². The summed E-state index contributed by atoms with van der Waals surface area (Å²) in [6.45, 7) is -0.0981. The molecule has 0 amide bonds. The maximum Gasteiger partial charge on any atom is 0.240 e. The van der Waals surface area contributed by atoms with Crippen molar-refractivity contribution in [1.82, 2.24) is 4.72 Å². The molecule has 0 spiro atoms. The molecule has 0 unspecified atom stereocenters. The van der Waals surface area contributed by atoms with Gasteiger partial charge in [-0.1, -0.05) is 29.3 Å². The van der Waals surface area contributed by atoms with Crippen LogP contribution in [0.1, 0.15) is 0 Å². The highest BCUT2D eigenvalue weighted by atomic mass is 35.5. The molecule has 0 radical (unpaired) electrons. The largest absolute Gasteiger partial charge is 0.389 e. The molecule has 0 fully saturated rings. The van der Waals surface area contributed by atoms with Crippen molar-refractivity contribution < 1.29 is 18.3 Å². The van der Waals surface area contributed by atoms with Gasteiger partial charge in [-0.05, 0) is 24.3 Å². The Labute approximate surface area is 138 Å². The molecule has 2 N–H and O–H groups in total. The average Bonchev–Trinajstić information content (AvgIpc) is 2.49. The standard InChI is InChI=1S/C14H15Cl2NO4S/c1-21-8-9(18)7-17-22(19,20)10-2-3-11-12(6-10)14(16)5-4-13(11)15/h2-6,9,17-18H,7-8H2,1H3/t9-/m0/s1. The lowest BCUT2D eigenvalue weighted by Gasteiger charge is -2.12. The zero-order valence-electron chi connectivity index (χ0n) is 11.7. The van der Waals surface area contributed by atoms with Crippen molar-refractivity contribution in [2.75, 3.05) is 20.3 Å². The lowest BCUT2D eigenvalue weighted by atomic mass is 10.1. The summed E-state index contributed by atoms with van der Waals surface area (Å²) < 4.78 is 31.6. The van der Waals surface area contributed by atoms with E-state index in [-0.39, 0.29) is 18.0 Å². The molecule has 2 aromatic rings. The Bertz CT molecular complexity index is 780. The van der Waals surface area contributed by atoms with Crippen LogP contribution in [0.15, 0.2) is 35.2 Å². The molecular weight excluding hydrogens is 349 g/mol. The SMILES string of the molecule is COC[C@@H](O)CNS(=O)(=O)c1ccc2c(Cl)ccc(Cl)c2c1. The van der Waals surface area contributed by atoms with Gasteiger partial charge in [0, 0.05) is 34.5 Å². The topological polar surface area (TPSA) is 75.6 Å². The molecule has 0 bridgehead atoms. The number of hydrogen-bond acceptors (Lipinski definition) is 4. The summed E-state index contributed by atoms with van der Waals surface area (Å²) in [7, 11) is -2.34. The van der Waals surface area contributed by atoms with Crippen LogP contribution in [-0.2, 0) is 14.8 Å². The Kier molecular flexibility index (Phi) is 5.65. The average molecular weight is 364 g/mol. The zero-order chi connectivity index (χ0) is 16.3. The number of rotatable bonds is 6. The summed E-state index contributed by atoms with van der Waals surface area (Å²) in [5.74, 6) is 0. The van der Waals surface area contributed by atoms with E-state index < -0.39 is 16.1 Å². The van der Waals surface area contributed by atoms with E-state index in [4.69, 9.17) is 27.9 Å². The predicted molar refractivity (Wildman–Crippen MR) is 87.0 cm³/mol. The summed E-state index contributed by atoms with van der Waals surface area (Å²) in [4.78, 5) is 0.0498. The number of aliphatic hydroxyl groups is 1. The molecule has 0 saturated carbocycles. The first-order valence-corrected chi connectivity index (χ1v) is 8.63. The van der Waals surface area contributed by atoms with Crippen molar-refractivity contribution in [3.63, 3.8) is 0 Å². The number of nitrogens with one attached hydrogen (secondary N) is 1. The van der Waals surface area contributed by atoms with Gasteiger partial charge >= 0.3 is 0 Å². The molecule has 0 heterocycles. The summed E-state index contributed by atoms with van der Waals surface area (Å²) in [5, 5.41) is 11.7. The number of fused-ring (bicyclic) bond motifs is 1. The smallest absolute Gasteiger partial charge is 0.240 e. The van der Waals surface area contributed by atoms with E-state index in [0.29, 0.717) is 20.8 Å². The van der Waals surface area contributed by atoms with Gasteiger partial charge in [-0.15, -0.1) is 0 Å². The molecule has 5 nitrogen and oxygen atoms in total. The van der Waals surface area contributed by atoms with E-state index in [1.807, 2.05) is 0 Å². The van der Waals surface area contributed by atoms with Gasteiger partial charge < -0.3 is 9.84 Å². The molecular formula is C14H15Cl2NO4S. The fourth-order valence-corrected chi connectivity index (χ4v) is 3.51. The monoisotopic (exact) mass is 363 g/mol. The molecule has 22 heavy (non-hydrogen) atoms.